The van der Waals surface area contributed by atoms with E-state index in [0.717, 1.165) is 17.2 Å². The molecule has 7 heteroatoms. The summed E-state index contributed by atoms with van der Waals surface area (Å²) >= 11 is 3.85. The number of aromatic nitrogens is 1. The first-order chi connectivity index (χ1) is 12.6. The third kappa shape index (κ3) is 3.29. The largest absolute Gasteiger partial charge is 0.420 e. The zero-order valence-electron chi connectivity index (χ0n) is 14.2. The second kappa shape index (κ2) is 7.25. The molecule has 1 unspecified atom stereocenters. The zero-order chi connectivity index (χ0) is 18.1. The minimum atomic E-state index is -0.676. The summed E-state index contributed by atoms with van der Waals surface area (Å²) in [5.74, 6) is 1.53. The summed E-state index contributed by atoms with van der Waals surface area (Å²) in [5, 5.41) is 2.93. The van der Waals surface area contributed by atoms with E-state index in [0.29, 0.717) is 15.7 Å². The maximum absolute atomic E-state index is 12.7. The van der Waals surface area contributed by atoms with Gasteiger partial charge in [-0.3, -0.25) is 9.36 Å². The van der Waals surface area contributed by atoms with E-state index < -0.39 is 11.8 Å². The van der Waals surface area contributed by atoms with Gasteiger partial charge in [0.05, 0.1) is 10.1 Å². The van der Waals surface area contributed by atoms with E-state index in [2.05, 4.69) is 11.4 Å². The number of benzene rings is 2. The number of hydrogen-bond acceptors (Lipinski definition) is 5. The number of anilines is 1. The Morgan fingerprint density at radius 1 is 1.19 bits per heavy atom. The Morgan fingerprint density at radius 2 is 1.96 bits per heavy atom. The fourth-order valence-electron chi connectivity index (χ4n) is 3.03. The molecule has 1 N–H and O–H groups in total. The van der Waals surface area contributed by atoms with Crippen molar-refractivity contribution in [2.24, 2.45) is 0 Å². The molecule has 1 aliphatic rings. The molecule has 4 rings (SSSR count). The fraction of sp³-hybridized carbons (Fsp3) is 0.263. The molecule has 134 valence electrons. The summed E-state index contributed by atoms with van der Waals surface area (Å²) < 4.78 is 7.04. The van der Waals surface area contributed by atoms with Crippen LogP contribution in [0, 0.1) is 0 Å². The highest BCUT2D eigenvalue weighted by Crippen LogP contribution is 2.45. The third-order valence-corrected chi connectivity index (χ3v) is 7.44. The lowest BCUT2D eigenvalue weighted by Crippen LogP contribution is -2.29. The van der Waals surface area contributed by atoms with Crippen molar-refractivity contribution in [1.29, 1.82) is 0 Å². The van der Waals surface area contributed by atoms with Gasteiger partial charge in [-0.05, 0) is 36.8 Å². The van der Waals surface area contributed by atoms with Gasteiger partial charge in [-0.1, -0.05) is 24.3 Å². The molecular formula is C19H18N2O3S2. The van der Waals surface area contributed by atoms with Gasteiger partial charge in [-0.15, -0.1) is 23.5 Å². The first kappa shape index (κ1) is 17.3. The predicted octanol–water partition coefficient (Wildman–Crippen LogP) is 4.27. The van der Waals surface area contributed by atoms with E-state index in [1.165, 1.54) is 10.1 Å². The summed E-state index contributed by atoms with van der Waals surface area (Å²) in [7, 11) is 0. The fourth-order valence-corrected chi connectivity index (χ4v) is 5.87. The standard InChI is InChI=1S/C19H18N2O3S2/c1-12(21-15-7-2-3-8-16(15)24-19(21)23)17(22)20-14-6-4-5-13(11-14)18-25-9-10-26-18/h2-8,11-12,18H,9-10H2,1H3,(H,20,22). The van der Waals surface area contributed by atoms with Crippen LogP contribution in [0.4, 0.5) is 5.69 Å². The topological polar surface area (TPSA) is 64.2 Å². The Balaban J connectivity index is 1.57. The zero-order valence-corrected chi connectivity index (χ0v) is 15.8. The van der Waals surface area contributed by atoms with Crippen LogP contribution in [-0.4, -0.2) is 22.0 Å². The van der Waals surface area contributed by atoms with Gasteiger partial charge in [0.2, 0.25) is 5.91 Å². The number of rotatable bonds is 4. The summed E-state index contributed by atoms with van der Waals surface area (Å²) in [6.45, 7) is 1.70. The summed E-state index contributed by atoms with van der Waals surface area (Å²) in [5.41, 5.74) is 3.05. The van der Waals surface area contributed by atoms with Gasteiger partial charge in [-0.2, -0.15) is 0 Å². The van der Waals surface area contributed by atoms with E-state index in [-0.39, 0.29) is 5.91 Å². The number of fused-ring (bicyclic) bond motifs is 1. The molecule has 0 bridgehead atoms. The van der Waals surface area contributed by atoms with E-state index >= 15 is 0 Å². The molecule has 1 aliphatic heterocycles. The van der Waals surface area contributed by atoms with Gasteiger partial charge in [-0.25, -0.2) is 4.79 Å². The van der Waals surface area contributed by atoms with Crippen LogP contribution in [-0.2, 0) is 4.79 Å². The van der Waals surface area contributed by atoms with Crippen molar-refractivity contribution in [2.45, 2.75) is 17.5 Å². The number of para-hydroxylation sites is 2. The molecule has 5 nitrogen and oxygen atoms in total. The molecule has 26 heavy (non-hydrogen) atoms. The predicted molar refractivity (Wildman–Crippen MR) is 108 cm³/mol. The maximum atomic E-state index is 12.7. The van der Waals surface area contributed by atoms with Crippen LogP contribution in [0.2, 0.25) is 0 Å². The van der Waals surface area contributed by atoms with Gasteiger partial charge >= 0.3 is 5.76 Å². The monoisotopic (exact) mass is 386 g/mol. The van der Waals surface area contributed by atoms with Gasteiger partial charge in [0, 0.05) is 17.2 Å². The van der Waals surface area contributed by atoms with E-state index in [1.54, 1.807) is 25.1 Å². The van der Waals surface area contributed by atoms with Crippen molar-refractivity contribution in [3.05, 3.63) is 64.6 Å². The van der Waals surface area contributed by atoms with Crippen molar-refractivity contribution in [2.75, 3.05) is 16.8 Å². The maximum Gasteiger partial charge on any atom is 0.420 e. The number of thioether (sulfide) groups is 2. The van der Waals surface area contributed by atoms with E-state index in [1.807, 2.05) is 47.8 Å². The molecule has 0 radical (unpaired) electrons. The molecule has 3 aromatic rings. The Labute approximate surface area is 159 Å². The number of carbonyl (C=O) groups is 1. The Kier molecular flexibility index (Phi) is 4.82. The Hall–Kier alpha value is -2.12. The highest BCUT2D eigenvalue weighted by molar-refractivity contribution is 8.19. The normalized spacial score (nSPS) is 16.0. The summed E-state index contributed by atoms with van der Waals surface area (Å²) in [6, 6.07) is 14.4. The molecule has 1 saturated heterocycles. The molecule has 0 spiro atoms. The van der Waals surface area contributed by atoms with Crippen LogP contribution in [0.5, 0.6) is 0 Å². The van der Waals surface area contributed by atoms with Crippen LogP contribution in [0.3, 0.4) is 0 Å². The molecular weight excluding hydrogens is 368 g/mol. The summed E-state index contributed by atoms with van der Waals surface area (Å²) in [6.07, 6.45) is 0. The second-order valence-corrected chi connectivity index (χ2v) is 8.79. The third-order valence-electron chi connectivity index (χ3n) is 4.33. The lowest BCUT2D eigenvalue weighted by molar-refractivity contribution is -0.118. The first-order valence-electron chi connectivity index (χ1n) is 8.37. The highest BCUT2D eigenvalue weighted by atomic mass is 32.2. The van der Waals surface area contributed by atoms with Crippen LogP contribution in [0.15, 0.2) is 57.7 Å². The second-order valence-electron chi connectivity index (χ2n) is 6.07. The van der Waals surface area contributed by atoms with Gasteiger partial charge in [0.1, 0.15) is 6.04 Å². The molecule has 1 aromatic heterocycles. The van der Waals surface area contributed by atoms with Crippen molar-refractivity contribution in [1.82, 2.24) is 4.57 Å². The number of nitrogens with one attached hydrogen (secondary N) is 1. The minimum absolute atomic E-state index is 0.248. The molecule has 1 atom stereocenters. The van der Waals surface area contributed by atoms with Crippen LogP contribution >= 0.6 is 23.5 Å². The van der Waals surface area contributed by atoms with Crippen LogP contribution < -0.4 is 11.1 Å². The van der Waals surface area contributed by atoms with Crippen LogP contribution in [0.1, 0.15) is 23.1 Å². The van der Waals surface area contributed by atoms with Gasteiger partial charge in [0.25, 0.3) is 0 Å². The average Bonchev–Trinajstić information content (AvgIpc) is 3.28. The molecule has 2 aromatic carbocycles. The van der Waals surface area contributed by atoms with Crippen LogP contribution in [0.25, 0.3) is 11.1 Å². The molecule has 0 saturated carbocycles. The first-order valence-corrected chi connectivity index (χ1v) is 10.5. The number of amides is 1. The highest BCUT2D eigenvalue weighted by Gasteiger charge is 2.22. The molecule has 1 fully saturated rings. The van der Waals surface area contributed by atoms with Crippen molar-refractivity contribution >= 4 is 46.2 Å². The lowest BCUT2D eigenvalue weighted by Gasteiger charge is -2.15. The van der Waals surface area contributed by atoms with Crippen molar-refractivity contribution in [3.8, 4) is 0 Å². The number of carbonyl (C=O) groups excluding carboxylic acids is 1. The van der Waals surface area contributed by atoms with Crippen molar-refractivity contribution < 1.29 is 9.21 Å². The SMILES string of the molecule is CC(C(=O)Nc1cccc(C2SCCS2)c1)n1c(=O)oc2ccccc21. The quantitative estimate of drug-likeness (QED) is 0.725. The van der Waals surface area contributed by atoms with Crippen molar-refractivity contribution in [3.63, 3.8) is 0 Å². The number of hydrogen-bond donors (Lipinski definition) is 1. The van der Waals surface area contributed by atoms with Gasteiger partial charge < -0.3 is 9.73 Å². The smallest absolute Gasteiger partial charge is 0.408 e. The lowest BCUT2D eigenvalue weighted by atomic mass is 10.2. The molecule has 0 aliphatic carbocycles. The minimum Gasteiger partial charge on any atom is -0.408 e. The van der Waals surface area contributed by atoms with E-state index in [4.69, 9.17) is 4.42 Å². The summed E-state index contributed by atoms with van der Waals surface area (Å²) in [4.78, 5) is 24.9. The Bertz CT molecular complexity index is 1010. The van der Waals surface area contributed by atoms with Gasteiger partial charge in [0.15, 0.2) is 5.58 Å². The number of nitrogens with zero attached hydrogens (tertiary/aromatic N) is 1. The Morgan fingerprint density at radius 3 is 2.77 bits per heavy atom. The number of oxazole rings is 1. The average molecular weight is 386 g/mol. The van der Waals surface area contributed by atoms with E-state index in [9.17, 15) is 9.59 Å². The molecule has 1 amide bonds. The molecule has 2 heterocycles.